The maximum Gasteiger partial charge on any atom is 0.327 e. The Labute approximate surface area is 426 Å². The number of esters is 3. The van der Waals surface area contributed by atoms with Gasteiger partial charge in [0.2, 0.25) is 10.0 Å². The van der Waals surface area contributed by atoms with Gasteiger partial charge in [-0.05, 0) is 62.0 Å². The van der Waals surface area contributed by atoms with Gasteiger partial charge >= 0.3 is 17.9 Å². The summed E-state index contributed by atoms with van der Waals surface area (Å²) in [6.45, 7) is 4.21. The van der Waals surface area contributed by atoms with Crippen molar-refractivity contribution >= 4 is 51.0 Å². The number of nitro benzene ring substituents is 1. The molecule has 0 aromatic heterocycles. The van der Waals surface area contributed by atoms with Crippen LogP contribution in [0.3, 0.4) is 0 Å². The second-order valence-corrected chi connectivity index (χ2v) is 20.1. The van der Waals surface area contributed by atoms with E-state index in [1.54, 1.807) is 106 Å². The Kier molecular flexibility index (Phi) is 20.0. The first-order valence-corrected chi connectivity index (χ1v) is 25.1. The van der Waals surface area contributed by atoms with Crippen molar-refractivity contribution in [2.45, 2.75) is 126 Å². The van der Waals surface area contributed by atoms with E-state index in [0.29, 0.717) is 15.4 Å². The van der Waals surface area contributed by atoms with E-state index < -0.39 is 129 Å². The van der Waals surface area contributed by atoms with Gasteiger partial charge in [-0.1, -0.05) is 96.1 Å². The van der Waals surface area contributed by atoms with E-state index in [1.807, 2.05) is 6.07 Å². The fraction of sp³-hybridized carbons (Fsp3) is 0.440. The smallest absolute Gasteiger partial charge is 0.327 e. The fourth-order valence-corrected chi connectivity index (χ4v) is 9.71. The molecule has 9 atom stereocenters. The minimum atomic E-state index is -4.97. The Balaban J connectivity index is 1.55. The van der Waals surface area contributed by atoms with E-state index in [4.69, 9.17) is 49.5 Å². The van der Waals surface area contributed by atoms with Crippen LogP contribution in [0.25, 0.3) is 10.4 Å². The first-order chi connectivity index (χ1) is 34.9. The molecular weight excluding hydrogens is 994 g/mol. The van der Waals surface area contributed by atoms with Crippen molar-refractivity contribution in [3.8, 4) is 0 Å². The highest BCUT2D eigenvalue weighted by Gasteiger charge is 2.58. The summed E-state index contributed by atoms with van der Waals surface area (Å²) in [6, 6.07) is 26.9. The summed E-state index contributed by atoms with van der Waals surface area (Å²) in [7, 11) is -4.97. The Morgan fingerprint density at radius 1 is 0.795 bits per heavy atom. The number of piperidine rings is 1. The van der Waals surface area contributed by atoms with Crippen LogP contribution in [0.4, 0.5) is 5.69 Å². The minimum Gasteiger partial charge on any atom is -0.462 e. The second kappa shape index (κ2) is 26.1. The van der Waals surface area contributed by atoms with Gasteiger partial charge in [-0.15, -0.1) is 11.6 Å². The molecule has 0 radical (unpaired) electrons. The molecule has 73 heavy (non-hydrogen) atoms. The molecule has 2 saturated heterocycles. The summed E-state index contributed by atoms with van der Waals surface area (Å²) in [4.78, 5) is 66.9. The van der Waals surface area contributed by atoms with Crippen LogP contribution in [0.1, 0.15) is 57.2 Å². The van der Waals surface area contributed by atoms with Crippen LogP contribution in [0.2, 0.25) is 0 Å². The van der Waals surface area contributed by atoms with E-state index in [0.717, 1.165) is 29.8 Å². The highest BCUT2D eigenvalue weighted by atomic mass is 35.5. The number of carbonyl (C=O) groups excluding carboxylic acids is 4. The number of benzene rings is 4. The minimum absolute atomic E-state index is 0.0423. The molecule has 0 saturated carbocycles. The number of nitrogens with zero attached hydrogens (tertiary/aromatic N) is 5. The number of hydrogen-bond acceptors (Lipinski definition) is 17. The van der Waals surface area contributed by atoms with Crippen LogP contribution >= 0.6 is 11.6 Å². The van der Waals surface area contributed by atoms with Crippen LogP contribution < -0.4 is 0 Å². The molecule has 0 bridgehead atoms. The molecule has 2 aliphatic heterocycles. The maximum atomic E-state index is 15.1. The average Bonchev–Trinajstić information content (AvgIpc) is 3.36. The van der Waals surface area contributed by atoms with Crippen LogP contribution in [0.15, 0.2) is 125 Å². The molecular formula is C50H56ClN5O16S. The monoisotopic (exact) mass is 1050 g/mol. The average molecular weight is 1050 g/mol. The van der Waals surface area contributed by atoms with Gasteiger partial charge in [-0.3, -0.25) is 24.5 Å². The van der Waals surface area contributed by atoms with E-state index >= 15 is 8.42 Å². The number of ketones is 1. The third-order valence-corrected chi connectivity index (χ3v) is 13.5. The molecule has 0 spiro atoms. The topological polar surface area (TPSA) is 271 Å². The third kappa shape index (κ3) is 15.6. The number of sulfonamides is 1. The van der Waals surface area contributed by atoms with Crippen molar-refractivity contribution in [2.75, 3.05) is 19.0 Å². The van der Waals surface area contributed by atoms with Crippen molar-refractivity contribution in [3.05, 3.63) is 153 Å². The number of hydrogen-bond donors (Lipinski definition) is 0. The van der Waals surface area contributed by atoms with Gasteiger partial charge in [0.25, 0.3) is 5.69 Å². The number of ether oxygens (including phenoxy) is 8. The van der Waals surface area contributed by atoms with Crippen molar-refractivity contribution < 1.29 is 70.4 Å². The number of carbonyl (C=O) groups is 4. The highest BCUT2D eigenvalue weighted by Crippen LogP contribution is 2.38. The lowest BCUT2D eigenvalue weighted by molar-refractivity contribution is -0.384. The third-order valence-electron chi connectivity index (χ3n) is 11.4. The summed E-state index contributed by atoms with van der Waals surface area (Å²) in [5.74, 6) is -3.83. The van der Waals surface area contributed by atoms with E-state index in [9.17, 15) is 34.8 Å². The van der Waals surface area contributed by atoms with Gasteiger partial charge in [0.05, 0.1) is 42.6 Å². The van der Waals surface area contributed by atoms with Gasteiger partial charge in [-0.25, -0.2) is 8.42 Å². The SMILES string of the molecule is CC(=O)CCC(=O)O[C@H]1CN(S(=O)(=O)c2ccc([N+](=O)[O-])cc2)[C@H](C(=O)OC(C)(C)C)[C@@H](O[C@H]2O[C@H](COC(=O)CCl)[C@@H](OCc3ccccc3)[C@H](OCc3ccccc3)[C@H]2N=[N+]=[N-])[C@@H]1OCc1ccccc1. The predicted molar refractivity (Wildman–Crippen MR) is 260 cm³/mol. The fourth-order valence-electron chi connectivity index (χ4n) is 8.03. The molecule has 0 unspecified atom stereocenters. The first kappa shape index (κ1) is 56.0. The van der Waals surface area contributed by atoms with Crippen molar-refractivity contribution in [2.24, 2.45) is 5.11 Å². The molecule has 6 rings (SSSR count). The van der Waals surface area contributed by atoms with Crippen LogP contribution in [-0.2, 0) is 86.9 Å². The molecule has 390 valence electrons. The van der Waals surface area contributed by atoms with Gasteiger partial charge in [-0.2, -0.15) is 4.31 Å². The number of azide groups is 1. The molecule has 23 heteroatoms. The predicted octanol–water partition coefficient (Wildman–Crippen LogP) is 6.92. The quantitative estimate of drug-likeness (QED) is 0.0107. The zero-order valence-electron chi connectivity index (χ0n) is 40.4. The summed E-state index contributed by atoms with van der Waals surface area (Å²) in [5.41, 5.74) is 10.6. The Morgan fingerprint density at radius 3 is 1.82 bits per heavy atom. The Hall–Kier alpha value is -6.33. The first-order valence-electron chi connectivity index (χ1n) is 23.1. The number of nitro groups is 1. The number of Topliss-reactive ketones (excluding diaryl/α,β-unsaturated/α-hetero) is 1. The molecule has 21 nitrogen and oxygen atoms in total. The van der Waals surface area contributed by atoms with Gasteiger partial charge in [0.1, 0.15) is 66.5 Å². The van der Waals surface area contributed by atoms with Crippen molar-refractivity contribution in [1.29, 1.82) is 0 Å². The molecule has 4 aromatic rings. The number of halogens is 1. The van der Waals surface area contributed by atoms with Crippen LogP contribution in [-0.4, -0.2) is 121 Å². The summed E-state index contributed by atoms with van der Waals surface area (Å²) in [6.07, 6.45) is -11.5. The summed E-state index contributed by atoms with van der Waals surface area (Å²) in [5, 5.41) is 15.8. The number of alkyl halides is 1. The van der Waals surface area contributed by atoms with Crippen LogP contribution in [0.5, 0.6) is 0 Å². The van der Waals surface area contributed by atoms with Crippen LogP contribution in [0, 0.1) is 10.1 Å². The Bertz CT molecular complexity index is 2660. The highest BCUT2D eigenvalue weighted by molar-refractivity contribution is 7.89. The standard InChI is InChI=1S/C50H56ClN5O16S/c1-32(57)20-25-40(58)69-38-27-55(73(63,64)37-23-21-36(22-24-37)56(61)62)43(48(60)72-50(2,3)4)47(44(38)66-28-33-14-8-5-9-15-33)71-49-42(53-54-52)46(68-30-35-18-12-7-13-19-35)45(39(70-49)31-65-41(59)26-51)67-29-34-16-10-6-11-17-34/h5-19,21-24,38-39,42-47,49H,20,25-31H2,1-4H3/t38-,39+,42+,43-,44+,45+,46+,47+,49+/m0/s1. The molecule has 0 N–H and O–H groups in total. The number of non-ortho nitro benzene ring substituents is 1. The lowest BCUT2D eigenvalue weighted by Gasteiger charge is -2.50. The second-order valence-electron chi connectivity index (χ2n) is 18.0. The zero-order valence-corrected chi connectivity index (χ0v) is 41.9. The van der Waals surface area contributed by atoms with Gasteiger partial charge in [0.15, 0.2) is 12.3 Å². The van der Waals surface area contributed by atoms with Crippen molar-refractivity contribution in [3.63, 3.8) is 0 Å². The molecule has 4 aromatic carbocycles. The number of rotatable bonds is 23. The van der Waals surface area contributed by atoms with E-state index in [1.165, 1.54) is 6.92 Å². The maximum absolute atomic E-state index is 15.1. The lowest BCUT2D eigenvalue weighted by Crippen LogP contribution is -2.69. The summed E-state index contributed by atoms with van der Waals surface area (Å²) < 4.78 is 81.4. The lowest BCUT2D eigenvalue weighted by atomic mass is 9.93. The molecule has 0 aliphatic carbocycles. The Morgan fingerprint density at radius 2 is 1.33 bits per heavy atom. The van der Waals surface area contributed by atoms with Gasteiger partial charge in [0, 0.05) is 23.5 Å². The summed E-state index contributed by atoms with van der Waals surface area (Å²) >= 11 is 5.85. The molecule has 2 heterocycles. The normalized spacial score (nSPS) is 23.3. The van der Waals surface area contributed by atoms with Crippen molar-refractivity contribution in [1.82, 2.24) is 4.31 Å². The van der Waals surface area contributed by atoms with E-state index in [2.05, 4.69) is 10.0 Å². The van der Waals surface area contributed by atoms with Gasteiger partial charge < -0.3 is 42.7 Å². The largest absolute Gasteiger partial charge is 0.462 e. The molecule has 0 amide bonds. The zero-order chi connectivity index (χ0) is 52.7. The van der Waals surface area contributed by atoms with E-state index in [-0.39, 0.29) is 32.0 Å². The molecule has 2 aliphatic rings. The molecule has 2 fully saturated rings.